The monoisotopic (exact) mass is 282 g/mol. The molecule has 0 aliphatic carbocycles. The van der Waals surface area contributed by atoms with Crippen LogP contribution >= 0.6 is 11.6 Å². The first kappa shape index (κ1) is 14.5. The molecule has 0 amide bonds. The third-order valence-corrected chi connectivity index (χ3v) is 4.00. The Balaban J connectivity index is 2.38. The fourth-order valence-corrected chi connectivity index (χ4v) is 2.85. The van der Waals surface area contributed by atoms with Crippen molar-refractivity contribution in [1.29, 1.82) is 0 Å². The highest BCUT2D eigenvalue weighted by Gasteiger charge is 2.29. The predicted molar refractivity (Wildman–Crippen MR) is 81.4 cm³/mol. The molecule has 0 radical (unpaired) electrons. The first-order chi connectivity index (χ1) is 9.02. The van der Waals surface area contributed by atoms with Crippen LogP contribution in [-0.2, 0) is 0 Å². The Labute approximate surface area is 120 Å². The number of nitrogens with zero attached hydrogens (tertiary/aromatic N) is 1. The third kappa shape index (κ3) is 3.15. The zero-order valence-electron chi connectivity index (χ0n) is 12.1. The number of ether oxygens (including phenoxy) is 1. The molecule has 4 heteroatoms. The Morgan fingerprint density at radius 2 is 2.16 bits per heavy atom. The van der Waals surface area contributed by atoms with Gasteiger partial charge in [0.1, 0.15) is 5.75 Å². The maximum Gasteiger partial charge on any atom is 0.142 e. The molecule has 106 valence electrons. The summed E-state index contributed by atoms with van der Waals surface area (Å²) in [6.45, 7) is 8.69. The molecule has 0 saturated carbocycles. The molecule has 1 N–H and O–H groups in total. The topological polar surface area (TPSA) is 24.5 Å². The zero-order chi connectivity index (χ0) is 14.0. The maximum atomic E-state index is 6.16. The van der Waals surface area contributed by atoms with Crippen molar-refractivity contribution >= 4 is 17.3 Å². The van der Waals surface area contributed by atoms with Crippen molar-refractivity contribution in [3.63, 3.8) is 0 Å². The summed E-state index contributed by atoms with van der Waals surface area (Å²) in [5.74, 6) is 1.47. The minimum Gasteiger partial charge on any atom is -0.495 e. The van der Waals surface area contributed by atoms with E-state index in [0.29, 0.717) is 18.0 Å². The van der Waals surface area contributed by atoms with E-state index >= 15 is 0 Å². The van der Waals surface area contributed by atoms with Gasteiger partial charge >= 0.3 is 0 Å². The van der Waals surface area contributed by atoms with E-state index in [-0.39, 0.29) is 0 Å². The molecule has 1 heterocycles. The maximum absolute atomic E-state index is 6.16. The quantitative estimate of drug-likeness (QED) is 0.922. The van der Waals surface area contributed by atoms with E-state index < -0.39 is 0 Å². The van der Waals surface area contributed by atoms with Crippen molar-refractivity contribution < 1.29 is 4.74 Å². The highest BCUT2D eigenvalue weighted by atomic mass is 35.5. The molecule has 0 bridgehead atoms. The van der Waals surface area contributed by atoms with Crippen LogP contribution < -0.4 is 15.0 Å². The molecule has 2 rings (SSSR count). The van der Waals surface area contributed by atoms with Gasteiger partial charge in [-0.2, -0.15) is 0 Å². The Bertz CT molecular complexity index is 436. The smallest absolute Gasteiger partial charge is 0.142 e. The molecule has 1 fully saturated rings. The number of nitrogens with one attached hydrogen (secondary N) is 1. The van der Waals surface area contributed by atoms with Gasteiger partial charge in [-0.05, 0) is 31.0 Å². The van der Waals surface area contributed by atoms with Gasteiger partial charge in [-0.3, -0.25) is 0 Å². The van der Waals surface area contributed by atoms with Crippen LogP contribution in [0.15, 0.2) is 18.2 Å². The molecule has 1 aliphatic rings. The summed E-state index contributed by atoms with van der Waals surface area (Å²) in [5.41, 5.74) is 1.10. The minimum atomic E-state index is 0.462. The standard InChI is InChI=1S/C15H23ClN2O/c1-10(2)14-8-17-11(3)9-18(14)13-7-12(16)5-6-15(13)19-4/h5-7,10-11,14,17H,8-9H2,1-4H3. The van der Waals surface area contributed by atoms with Crippen LogP contribution in [0.1, 0.15) is 20.8 Å². The summed E-state index contributed by atoms with van der Waals surface area (Å²) >= 11 is 6.16. The molecular weight excluding hydrogens is 260 g/mol. The molecule has 19 heavy (non-hydrogen) atoms. The van der Waals surface area contributed by atoms with Gasteiger partial charge in [0.2, 0.25) is 0 Å². The third-order valence-electron chi connectivity index (χ3n) is 3.77. The number of hydrogen-bond donors (Lipinski definition) is 1. The molecule has 0 spiro atoms. The number of anilines is 1. The normalized spacial score (nSPS) is 23.8. The van der Waals surface area contributed by atoms with Crippen molar-refractivity contribution in [3.05, 3.63) is 23.2 Å². The molecule has 2 unspecified atom stereocenters. The molecule has 1 aromatic rings. The summed E-state index contributed by atoms with van der Waals surface area (Å²) < 4.78 is 5.50. The Morgan fingerprint density at radius 1 is 1.42 bits per heavy atom. The van der Waals surface area contributed by atoms with Gasteiger partial charge in [-0.1, -0.05) is 25.4 Å². The van der Waals surface area contributed by atoms with Crippen molar-refractivity contribution in [1.82, 2.24) is 5.32 Å². The molecule has 3 nitrogen and oxygen atoms in total. The molecular formula is C15H23ClN2O. The van der Waals surface area contributed by atoms with E-state index in [1.807, 2.05) is 18.2 Å². The number of piperazine rings is 1. The average molecular weight is 283 g/mol. The highest BCUT2D eigenvalue weighted by Crippen LogP contribution is 2.34. The highest BCUT2D eigenvalue weighted by molar-refractivity contribution is 6.30. The van der Waals surface area contributed by atoms with Gasteiger partial charge in [0.15, 0.2) is 0 Å². The molecule has 1 saturated heterocycles. The molecule has 1 aromatic carbocycles. The van der Waals surface area contributed by atoms with Crippen molar-refractivity contribution in [3.8, 4) is 5.75 Å². The largest absolute Gasteiger partial charge is 0.495 e. The number of halogens is 1. The van der Waals surface area contributed by atoms with E-state index in [1.54, 1.807) is 7.11 Å². The Hall–Kier alpha value is -0.930. The molecule has 2 atom stereocenters. The van der Waals surface area contributed by atoms with E-state index in [1.165, 1.54) is 0 Å². The summed E-state index contributed by atoms with van der Waals surface area (Å²) in [5, 5.41) is 4.30. The summed E-state index contributed by atoms with van der Waals surface area (Å²) in [6, 6.07) is 6.76. The average Bonchev–Trinajstić information content (AvgIpc) is 2.38. The lowest BCUT2D eigenvalue weighted by Crippen LogP contribution is -2.57. The Morgan fingerprint density at radius 3 is 2.79 bits per heavy atom. The number of benzene rings is 1. The van der Waals surface area contributed by atoms with E-state index in [4.69, 9.17) is 16.3 Å². The van der Waals surface area contributed by atoms with Crippen molar-refractivity contribution in [2.45, 2.75) is 32.9 Å². The van der Waals surface area contributed by atoms with E-state index in [2.05, 4.69) is 31.0 Å². The summed E-state index contributed by atoms with van der Waals surface area (Å²) in [6.07, 6.45) is 0. The van der Waals surface area contributed by atoms with Gasteiger partial charge in [0.05, 0.1) is 12.8 Å². The van der Waals surface area contributed by atoms with Crippen LogP contribution in [0.4, 0.5) is 5.69 Å². The number of rotatable bonds is 3. The van der Waals surface area contributed by atoms with Crippen LogP contribution in [0, 0.1) is 5.92 Å². The Kier molecular flexibility index (Phi) is 4.58. The van der Waals surface area contributed by atoms with Crippen molar-refractivity contribution in [2.24, 2.45) is 5.92 Å². The number of hydrogen-bond acceptors (Lipinski definition) is 3. The van der Waals surface area contributed by atoms with Crippen LogP contribution in [0.25, 0.3) is 0 Å². The molecule has 0 aromatic heterocycles. The second-order valence-corrected chi connectivity index (χ2v) is 6.03. The lowest BCUT2D eigenvalue weighted by Gasteiger charge is -2.43. The van der Waals surface area contributed by atoms with Gasteiger partial charge in [0, 0.05) is 30.2 Å². The summed E-state index contributed by atoms with van der Waals surface area (Å²) in [7, 11) is 1.71. The van der Waals surface area contributed by atoms with Gasteiger partial charge in [0.25, 0.3) is 0 Å². The zero-order valence-corrected chi connectivity index (χ0v) is 12.9. The lowest BCUT2D eigenvalue weighted by atomic mass is 9.97. The molecule has 1 aliphatic heterocycles. The van der Waals surface area contributed by atoms with E-state index in [9.17, 15) is 0 Å². The van der Waals surface area contributed by atoms with E-state index in [0.717, 1.165) is 29.5 Å². The van der Waals surface area contributed by atoms with Gasteiger partial charge in [-0.15, -0.1) is 0 Å². The van der Waals surface area contributed by atoms with Gasteiger partial charge in [-0.25, -0.2) is 0 Å². The van der Waals surface area contributed by atoms with Crippen LogP contribution in [0.2, 0.25) is 5.02 Å². The lowest BCUT2D eigenvalue weighted by molar-refractivity contribution is 0.343. The summed E-state index contributed by atoms with van der Waals surface area (Å²) in [4.78, 5) is 2.43. The number of methoxy groups -OCH3 is 1. The SMILES string of the molecule is COc1ccc(Cl)cc1N1CC(C)NCC1C(C)C. The van der Waals surface area contributed by atoms with Crippen molar-refractivity contribution in [2.75, 3.05) is 25.1 Å². The second kappa shape index (κ2) is 6.02. The van der Waals surface area contributed by atoms with Crippen LogP contribution in [0.3, 0.4) is 0 Å². The first-order valence-electron chi connectivity index (χ1n) is 6.86. The fourth-order valence-electron chi connectivity index (χ4n) is 2.69. The fraction of sp³-hybridized carbons (Fsp3) is 0.600. The minimum absolute atomic E-state index is 0.462. The van der Waals surface area contributed by atoms with Crippen LogP contribution in [0.5, 0.6) is 5.75 Å². The second-order valence-electron chi connectivity index (χ2n) is 5.59. The van der Waals surface area contributed by atoms with Crippen LogP contribution in [-0.4, -0.2) is 32.3 Å². The predicted octanol–water partition coefficient (Wildman–Crippen LogP) is 3.17. The van der Waals surface area contributed by atoms with Gasteiger partial charge < -0.3 is 15.0 Å². The first-order valence-corrected chi connectivity index (χ1v) is 7.24.